The smallest absolute Gasteiger partial charge is 0.266 e. The van der Waals surface area contributed by atoms with Crippen molar-refractivity contribution in [2.45, 2.75) is 69.5 Å². The molecule has 0 radical (unpaired) electrons. The van der Waals surface area contributed by atoms with Crippen molar-refractivity contribution in [2.24, 2.45) is 5.92 Å². The predicted molar refractivity (Wildman–Crippen MR) is 194 cm³/mol. The van der Waals surface area contributed by atoms with Crippen molar-refractivity contribution < 1.29 is 28.3 Å². The van der Waals surface area contributed by atoms with Gasteiger partial charge in [0.25, 0.3) is 5.89 Å². The largest absolute Gasteiger partial charge is 0.434 e. The van der Waals surface area contributed by atoms with Crippen molar-refractivity contribution in [3.05, 3.63) is 101 Å². The summed E-state index contributed by atoms with van der Waals surface area (Å²) in [5, 5.41) is 10.1. The Morgan fingerprint density at radius 1 is 0.961 bits per heavy atom. The summed E-state index contributed by atoms with van der Waals surface area (Å²) >= 11 is 6.07. The number of carbonyl (C=O) groups excluding carboxylic acids is 3. The maximum Gasteiger partial charge on any atom is 0.266 e. The van der Waals surface area contributed by atoms with Gasteiger partial charge in [-0.1, -0.05) is 66.2 Å². The van der Waals surface area contributed by atoms with Gasteiger partial charge in [-0.25, -0.2) is 4.98 Å². The first-order chi connectivity index (χ1) is 24.9. The summed E-state index contributed by atoms with van der Waals surface area (Å²) < 4.78 is 18.0. The summed E-state index contributed by atoms with van der Waals surface area (Å²) in [7, 11) is 1.78. The third kappa shape index (κ3) is 9.81. The van der Waals surface area contributed by atoms with E-state index in [-0.39, 0.29) is 38.0 Å². The van der Waals surface area contributed by atoms with E-state index in [0.717, 1.165) is 43.5 Å². The number of amides is 2. The molecule has 3 heterocycles. The van der Waals surface area contributed by atoms with E-state index in [1.54, 1.807) is 42.3 Å². The number of fused-ring (bicyclic) bond motifs is 1. The Kier molecular flexibility index (Phi) is 12.8. The summed E-state index contributed by atoms with van der Waals surface area (Å²) in [6, 6.07) is 21.6. The lowest BCUT2D eigenvalue weighted by Gasteiger charge is -2.30. The van der Waals surface area contributed by atoms with Gasteiger partial charge in [0.15, 0.2) is 5.58 Å². The molecule has 2 aliphatic rings. The third-order valence-electron chi connectivity index (χ3n) is 9.75. The van der Waals surface area contributed by atoms with Gasteiger partial charge in [0.1, 0.15) is 17.6 Å². The Balaban J connectivity index is 1.19. The van der Waals surface area contributed by atoms with Crippen molar-refractivity contribution in [3.8, 4) is 0 Å². The number of nitrogens with zero attached hydrogens (tertiary/aromatic N) is 2. The second-order valence-electron chi connectivity index (χ2n) is 13.3. The highest BCUT2D eigenvalue weighted by Crippen LogP contribution is 2.26. The summed E-state index contributed by atoms with van der Waals surface area (Å²) in [4.78, 5) is 48.3. The quantitative estimate of drug-likeness (QED) is 0.138. The molecule has 0 aliphatic carbocycles. The SMILES string of the molecule is CN[C@H](CCC1CCNCC1)C(=O)N1C[C@H](OCc2ccc(Cl)cc2)C[C@H]1C(=O)N[C@@H](COCc1ccccc1)C(=O)c1nc2ccccc2o1. The zero-order valence-corrected chi connectivity index (χ0v) is 29.6. The van der Waals surface area contributed by atoms with Crippen LogP contribution >= 0.6 is 11.6 Å². The molecule has 0 bridgehead atoms. The van der Waals surface area contributed by atoms with Crippen molar-refractivity contribution in [1.29, 1.82) is 0 Å². The highest BCUT2D eigenvalue weighted by Gasteiger charge is 2.43. The first-order valence-electron chi connectivity index (χ1n) is 17.7. The first-order valence-corrected chi connectivity index (χ1v) is 18.1. The molecule has 0 saturated carbocycles. The molecule has 2 amide bonds. The number of nitrogens with one attached hydrogen (secondary N) is 3. The maximum atomic E-state index is 14.2. The minimum absolute atomic E-state index is 0.120. The van der Waals surface area contributed by atoms with Gasteiger partial charge >= 0.3 is 0 Å². The number of aromatic nitrogens is 1. The Bertz CT molecular complexity index is 1710. The molecule has 6 rings (SSSR count). The van der Waals surface area contributed by atoms with Crippen LogP contribution < -0.4 is 16.0 Å². The van der Waals surface area contributed by atoms with Crippen LogP contribution in [0.5, 0.6) is 0 Å². The highest BCUT2D eigenvalue weighted by molar-refractivity contribution is 6.30. The number of halogens is 1. The van der Waals surface area contributed by atoms with Crippen LogP contribution in [0.25, 0.3) is 11.1 Å². The highest BCUT2D eigenvalue weighted by atomic mass is 35.5. The van der Waals surface area contributed by atoms with Crippen LogP contribution in [0.1, 0.15) is 53.9 Å². The zero-order valence-electron chi connectivity index (χ0n) is 28.9. The predicted octanol–water partition coefficient (Wildman–Crippen LogP) is 4.92. The van der Waals surface area contributed by atoms with Gasteiger partial charge in [0, 0.05) is 18.0 Å². The molecule has 2 fully saturated rings. The molecule has 4 atom stereocenters. The van der Waals surface area contributed by atoms with E-state index in [0.29, 0.717) is 35.1 Å². The monoisotopic (exact) mass is 715 g/mol. The minimum atomic E-state index is -1.11. The molecule has 1 aromatic heterocycles. The maximum absolute atomic E-state index is 14.2. The van der Waals surface area contributed by atoms with Gasteiger partial charge in [-0.05, 0) is 87.1 Å². The van der Waals surface area contributed by atoms with Crippen LogP contribution in [0.15, 0.2) is 83.3 Å². The van der Waals surface area contributed by atoms with E-state index in [9.17, 15) is 14.4 Å². The van der Waals surface area contributed by atoms with Crippen molar-refractivity contribution in [1.82, 2.24) is 25.8 Å². The van der Waals surface area contributed by atoms with Crippen LogP contribution in [0.3, 0.4) is 0 Å². The van der Waals surface area contributed by atoms with E-state index < -0.39 is 35.9 Å². The second kappa shape index (κ2) is 17.9. The molecule has 0 spiro atoms. The Morgan fingerprint density at radius 2 is 1.69 bits per heavy atom. The molecule has 0 unspecified atom stereocenters. The van der Waals surface area contributed by atoms with Crippen molar-refractivity contribution in [3.63, 3.8) is 0 Å². The molecule has 11 nitrogen and oxygen atoms in total. The van der Waals surface area contributed by atoms with Crippen LogP contribution in [-0.4, -0.2) is 85.0 Å². The summed E-state index contributed by atoms with van der Waals surface area (Å²) in [5.74, 6) is -0.716. The van der Waals surface area contributed by atoms with Gasteiger partial charge in [0.05, 0.1) is 32.0 Å². The number of hydrogen-bond acceptors (Lipinski definition) is 9. The van der Waals surface area contributed by atoms with Crippen LogP contribution in [-0.2, 0) is 32.3 Å². The second-order valence-corrected chi connectivity index (χ2v) is 13.8. The van der Waals surface area contributed by atoms with E-state index in [1.807, 2.05) is 48.5 Å². The molecule has 270 valence electrons. The number of rotatable bonds is 16. The number of ether oxygens (including phenoxy) is 2. The van der Waals surface area contributed by atoms with Crippen LogP contribution in [0.4, 0.5) is 0 Å². The standard InChI is InChI=1S/C39H46ClN5O6/c1-41-32(16-13-26-17-19-42-20-18-26)39(48)45-22-30(50-24-28-11-14-29(40)15-12-28)21-34(45)37(47)43-33(25-49-23-27-7-3-2-4-8-27)36(46)38-44-31-9-5-6-10-35(31)51-38/h2-12,14-15,26,30,32-34,41-42H,13,16-25H2,1H3,(H,43,47)/t30-,32-,33+,34+/m1/s1. The fourth-order valence-electron chi connectivity index (χ4n) is 6.82. The number of oxazole rings is 1. The number of carbonyl (C=O) groups is 3. The van der Waals surface area contributed by atoms with Crippen molar-refractivity contribution in [2.75, 3.05) is 33.3 Å². The zero-order chi connectivity index (χ0) is 35.6. The number of likely N-dealkylation sites (N-methyl/N-ethyl adjacent to an activating group) is 1. The molecule has 2 saturated heterocycles. The molecule has 2 aliphatic heterocycles. The van der Waals surface area contributed by atoms with Gasteiger partial charge in [-0.2, -0.15) is 0 Å². The molecular weight excluding hydrogens is 670 g/mol. The summed E-state index contributed by atoms with van der Waals surface area (Å²) in [6.45, 7) is 2.64. The Morgan fingerprint density at radius 3 is 2.43 bits per heavy atom. The molecule has 3 N–H and O–H groups in total. The Hall–Kier alpha value is -4.13. The number of Topliss-reactive ketones (excluding diaryl/α,β-unsaturated/α-hetero) is 1. The third-order valence-corrected chi connectivity index (χ3v) is 10.0. The van der Waals surface area contributed by atoms with Crippen LogP contribution in [0, 0.1) is 5.92 Å². The fraction of sp³-hybridized carbons (Fsp3) is 0.436. The lowest BCUT2D eigenvalue weighted by Crippen LogP contribution is -2.55. The number of para-hydroxylation sites is 2. The molecule has 51 heavy (non-hydrogen) atoms. The van der Waals surface area contributed by atoms with Gasteiger partial charge in [-0.3, -0.25) is 14.4 Å². The fourth-order valence-corrected chi connectivity index (χ4v) is 6.94. The minimum Gasteiger partial charge on any atom is -0.434 e. The van der Waals surface area contributed by atoms with E-state index in [4.69, 9.17) is 25.5 Å². The number of hydrogen-bond donors (Lipinski definition) is 3. The molecule has 12 heteroatoms. The number of benzene rings is 3. The average molecular weight is 716 g/mol. The van der Waals surface area contributed by atoms with E-state index in [2.05, 4.69) is 20.9 Å². The van der Waals surface area contributed by atoms with Gasteiger partial charge in [-0.15, -0.1) is 0 Å². The number of piperidine rings is 1. The van der Waals surface area contributed by atoms with Gasteiger partial charge in [0.2, 0.25) is 17.6 Å². The first kappa shape index (κ1) is 36.7. The van der Waals surface area contributed by atoms with E-state index >= 15 is 0 Å². The summed E-state index contributed by atoms with van der Waals surface area (Å²) in [5.41, 5.74) is 2.85. The van der Waals surface area contributed by atoms with Crippen molar-refractivity contribution >= 4 is 40.3 Å². The topological polar surface area (TPSA) is 135 Å². The average Bonchev–Trinajstić information content (AvgIpc) is 3.80. The number of ketones is 1. The summed E-state index contributed by atoms with van der Waals surface area (Å²) in [6.07, 6.45) is 3.62. The van der Waals surface area contributed by atoms with Crippen LogP contribution in [0.2, 0.25) is 5.02 Å². The lowest BCUT2D eigenvalue weighted by atomic mass is 9.91. The molecule has 3 aromatic carbocycles. The normalized spacial score (nSPS) is 19.2. The Labute approximate surface area is 303 Å². The number of likely N-dealkylation sites (tertiary alicyclic amines) is 1. The van der Waals surface area contributed by atoms with E-state index in [1.165, 1.54) is 0 Å². The molecule has 4 aromatic rings. The van der Waals surface area contributed by atoms with Gasteiger partial charge < -0.3 is 34.7 Å². The lowest BCUT2D eigenvalue weighted by molar-refractivity contribution is -0.140. The molecular formula is C39H46ClN5O6.